The predicted molar refractivity (Wildman–Crippen MR) is 79.7 cm³/mol. The van der Waals surface area contributed by atoms with Gasteiger partial charge in [-0.25, -0.2) is 0 Å². The smallest absolute Gasteiger partial charge is 0.118 e. The molecule has 1 heterocycles. The lowest BCUT2D eigenvalue weighted by atomic mass is 10.1. The van der Waals surface area contributed by atoms with Gasteiger partial charge in [0.25, 0.3) is 0 Å². The van der Waals surface area contributed by atoms with Crippen LogP contribution >= 0.6 is 0 Å². The van der Waals surface area contributed by atoms with E-state index in [1.165, 1.54) is 31.5 Å². The quantitative estimate of drug-likeness (QED) is 0.853. The van der Waals surface area contributed by atoms with Gasteiger partial charge in [-0.3, -0.25) is 4.90 Å². The van der Waals surface area contributed by atoms with Crippen LogP contribution in [0, 0.1) is 0 Å². The van der Waals surface area contributed by atoms with E-state index in [-0.39, 0.29) is 0 Å². The molecule has 0 bridgehead atoms. The first kappa shape index (κ1) is 14.4. The molecule has 3 nitrogen and oxygen atoms in total. The van der Waals surface area contributed by atoms with Gasteiger partial charge in [-0.15, -0.1) is 0 Å². The molecule has 0 aliphatic carbocycles. The molecule has 2 rings (SSSR count). The Morgan fingerprint density at radius 1 is 1.16 bits per heavy atom. The Morgan fingerprint density at radius 3 is 2.37 bits per heavy atom. The van der Waals surface area contributed by atoms with Crippen molar-refractivity contribution in [1.82, 2.24) is 10.2 Å². The summed E-state index contributed by atoms with van der Waals surface area (Å²) in [4.78, 5) is 2.58. The van der Waals surface area contributed by atoms with Crippen molar-refractivity contribution in [2.24, 2.45) is 0 Å². The van der Waals surface area contributed by atoms with Crippen molar-refractivity contribution in [2.75, 3.05) is 26.7 Å². The van der Waals surface area contributed by atoms with Gasteiger partial charge in [-0.2, -0.15) is 0 Å². The summed E-state index contributed by atoms with van der Waals surface area (Å²) in [7, 11) is 1.70. The summed E-state index contributed by atoms with van der Waals surface area (Å²) in [6.07, 6.45) is 2.72. The van der Waals surface area contributed by atoms with E-state index in [2.05, 4.69) is 36.2 Å². The lowest BCUT2D eigenvalue weighted by molar-refractivity contribution is 0.247. The zero-order valence-corrected chi connectivity index (χ0v) is 12.4. The van der Waals surface area contributed by atoms with E-state index in [1.54, 1.807) is 7.11 Å². The van der Waals surface area contributed by atoms with Gasteiger partial charge in [0.05, 0.1) is 7.11 Å². The van der Waals surface area contributed by atoms with Crippen LogP contribution in [0.2, 0.25) is 0 Å². The monoisotopic (exact) mass is 262 g/mol. The number of hydrogen-bond donors (Lipinski definition) is 1. The Bertz CT molecular complexity index is 371. The second kappa shape index (κ2) is 6.92. The Hall–Kier alpha value is -1.06. The number of hydrogen-bond acceptors (Lipinski definition) is 3. The Kier molecular flexibility index (Phi) is 5.23. The highest BCUT2D eigenvalue weighted by Gasteiger charge is 2.18. The summed E-state index contributed by atoms with van der Waals surface area (Å²) in [5.41, 5.74) is 1.31. The summed E-state index contributed by atoms with van der Waals surface area (Å²) >= 11 is 0. The van der Waals surface area contributed by atoms with Crippen LogP contribution in [0.15, 0.2) is 24.3 Å². The van der Waals surface area contributed by atoms with Gasteiger partial charge in [0, 0.05) is 18.6 Å². The maximum Gasteiger partial charge on any atom is 0.118 e. The maximum absolute atomic E-state index is 5.19. The second-order valence-corrected chi connectivity index (χ2v) is 5.50. The Labute approximate surface area is 116 Å². The molecule has 106 valence electrons. The van der Waals surface area contributed by atoms with E-state index in [0.29, 0.717) is 12.1 Å². The topological polar surface area (TPSA) is 24.5 Å². The second-order valence-electron chi connectivity index (χ2n) is 5.50. The molecular weight excluding hydrogens is 236 g/mol. The van der Waals surface area contributed by atoms with Crippen LogP contribution < -0.4 is 10.1 Å². The van der Waals surface area contributed by atoms with Crippen LogP contribution in [0.4, 0.5) is 0 Å². The molecule has 1 aliphatic heterocycles. The van der Waals surface area contributed by atoms with E-state index in [1.807, 2.05) is 12.1 Å². The summed E-state index contributed by atoms with van der Waals surface area (Å²) in [6, 6.07) is 9.34. The van der Waals surface area contributed by atoms with Crippen LogP contribution in [0.3, 0.4) is 0 Å². The molecule has 19 heavy (non-hydrogen) atoms. The van der Waals surface area contributed by atoms with Crippen LogP contribution in [0.25, 0.3) is 0 Å². The van der Waals surface area contributed by atoms with E-state index in [9.17, 15) is 0 Å². The molecule has 0 amide bonds. The van der Waals surface area contributed by atoms with Crippen LogP contribution in [0.5, 0.6) is 5.75 Å². The first-order valence-corrected chi connectivity index (χ1v) is 7.32. The largest absolute Gasteiger partial charge is 0.497 e. The Balaban J connectivity index is 1.80. The third-order valence-corrected chi connectivity index (χ3v) is 4.10. The Morgan fingerprint density at radius 2 is 1.79 bits per heavy atom. The highest BCUT2D eigenvalue weighted by Crippen LogP contribution is 2.18. The molecule has 1 aromatic carbocycles. The zero-order valence-electron chi connectivity index (χ0n) is 12.4. The molecule has 0 spiro atoms. The highest BCUT2D eigenvalue weighted by atomic mass is 16.5. The number of methoxy groups -OCH3 is 1. The van der Waals surface area contributed by atoms with Gasteiger partial charge in [-0.05, 0) is 57.5 Å². The molecule has 0 saturated carbocycles. The van der Waals surface area contributed by atoms with E-state index in [0.717, 1.165) is 12.3 Å². The van der Waals surface area contributed by atoms with Gasteiger partial charge in [0.15, 0.2) is 0 Å². The fourth-order valence-corrected chi connectivity index (χ4v) is 2.67. The molecule has 2 unspecified atom stereocenters. The van der Waals surface area contributed by atoms with Crippen molar-refractivity contribution in [3.8, 4) is 5.75 Å². The minimum absolute atomic E-state index is 0.385. The maximum atomic E-state index is 5.19. The molecular formula is C16H26N2O. The summed E-state index contributed by atoms with van der Waals surface area (Å²) in [5.74, 6) is 0.918. The van der Waals surface area contributed by atoms with Crippen LogP contribution in [-0.2, 0) is 0 Å². The third kappa shape index (κ3) is 3.95. The SMILES string of the molecule is COc1ccc(C(C)NCC(C)N2CCCC2)cc1. The molecule has 0 radical (unpaired) electrons. The normalized spacial score (nSPS) is 19.3. The molecule has 1 aromatic rings. The minimum atomic E-state index is 0.385. The number of likely N-dealkylation sites (tertiary alicyclic amines) is 1. The molecule has 0 aromatic heterocycles. The first-order chi connectivity index (χ1) is 9.20. The average Bonchev–Trinajstić information content (AvgIpc) is 2.98. The number of ether oxygens (including phenoxy) is 1. The summed E-state index contributed by atoms with van der Waals surface area (Å²) < 4.78 is 5.19. The highest BCUT2D eigenvalue weighted by molar-refractivity contribution is 5.28. The summed E-state index contributed by atoms with van der Waals surface area (Å²) in [5, 5.41) is 3.63. The van der Waals surface area contributed by atoms with Crippen molar-refractivity contribution in [1.29, 1.82) is 0 Å². The van der Waals surface area contributed by atoms with Gasteiger partial charge in [-0.1, -0.05) is 12.1 Å². The van der Waals surface area contributed by atoms with E-state index in [4.69, 9.17) is 4.74 Å². The lowest BCUT2D eigenvalue weighted by Gasteiger charge is -2.26. The van der Waals surface area contributed by atoms with Crippen molar-refractivity contribution < 1.29 is 4.74 Å². The summed E-state index contributed by atoms with van der Waals surface area (Å²) in [6.45, 7) is 8.12. The van der Waals surface area contributed by atoms with Crippen molar-refractivity contribution in [2.45, 2.75) is 38.8 Å². The predicted octanol–water partition coefficient (Wildman–Crippen LogP) is 2.83. The zero-order chi connectivity index (χ0) is 13.7. The van der Waals surface area contributed by atoms with Crippen LogP contribution in [-0.4, -0.2) is 37.7 Å². The molecule has 1 aliphatic rings. The van der Waals surface area contributed by atoms with Gasteiger partial charge in [0.1, 0.15) is 5.75 Å². The molecule has 2 atom stereocenters. The lowest BCUT2D eigenvalue weighted by Crippen LogP contribution is -2.39. The van der Waals surface area contributed by atoms with Gasteiger partial charge >= 0.3 is 0 Å². The van der Waals surface area contributed by atoms with Crippen LogP contribution in [0.1, 0.15) is 38.3 Å². The van der Waals surface area contributed by atoms with Gasteiger partial charge in [0.2, 0.25) is 0 Å². The molecule has 3 heteroatoms. The van der Waals surface area contributed by atoms with E-state index < -0.39 is 0 Å². The standard InChI is InChI=1S/C16H26N2O/c1-13(18-10-4-5-11-18)12-17-14(2)15-6-8-16(19-3)9-7-15/h6-9,13-14,17H,4-5,10-12H2,1-3H3. The molecule has 1 fully saturated rings. The molecule has 1 saturated heterocycles. The fraction of sp³-hybridized carbons (Fsp3) is 0.625. The van der Waals surface area contributed by atoms with Gasteiger partial charge < -0.3 is 10.1 Å². The third-order valence-electron chi connectivity index (χ3n) is 4.10. The number of nitrogens with zero attached hydrogens (tertiary/aromatic N) is 1. The fourth-order valence-electron chi connectivity index (χ4n) is 2.67. The number of nitrogens with one attached hydrogen (secondary N) is 1. The van der Waals surface area contributed by atoms with Crippen molar-refractivity contribution in [3.05, 3.63) is 29.8 Å². The molecule has 1 N–H and O–H groups in total. The average molecular weight is 262 g/mol. The van der Waals surface area contributed by atoms with E-state index >= 15 is 0 Å². The minimum Gasteiger partial charge on any atom is -0.497 e. The van der Waals surface area contributed by atoms with Crippen molar-refractivity contribution >= 4 is 0 Å². The first-order valence-electron chi connectivity index (χ1n) is 7.32. The van der Waals surface area contributed by atoms with Crippen molar-refractivity contribution in [3.63, 3.8) is 0 Å². The number of rotatable bonds is 6. The number of benzene rings is 1.